The first kappa shape index (κ1) is 14.3. The number of rotatable bonds is 3. The molecule has 4 aliphatic rings. The molecule has 5 atom stereocenters. The Kier molecular flexibility index (Phi) is 4.10. The monoisotopic (exact) mass is 288 g/mol. The quantitative estimate of drug-likeness (QED) is 0.735. The predicted octanol–water partition coefficient (Wildman–Crippen LogP) is 3.39. The summed E-state index contributed by atoms with van der Waals surface area (Å²) < 4.78 is 0. The molecule has 118 valence electrons. The smallest absolute Gasteiger partial charge is 0.0122 e. The Balaban J connectivity index is 1.26. The lowest BCUT2D eigenvalue weighted by Crippen LogP contribution is -2.53. The average Bonchev–Trinajstić information content (AvgIpc) is 3.11. The van der Waals surface area contributed by atoms with E-state index in [0.29, 0.717) is 0 Å². The molecule has 0 spiro atoms. The summed E-state index contributed by atoms with van der Waals surface area (Å²) in [6.07, 6.45) is 13.8. The number of nitrogens with zero attached hydrogens (tertiary/aromatic N) is 2. The second kappa shape index (κ2) is 6.04. The highest BCUT2D eigenvalue weighted by Gasteiger charge is 2.37. The number of hydrogen-bond acceptors (Lipinski definition) is 2. The van der Waals surface area contributed by atoms with Crippen molar-refractivity contribution >= 4 is 0 Å². The number of piperazine rings is 1. The van der Waals surface area contributed by atoms with Gasteiger partial charge in [0.25, 0.3) is 0 Å². The lowest BCUT2D eigenvalue weighted by Gasteiger charge is -2.44. The third-order valence-corrected chi connectivity index (χ3v) is 6.85. The van der Waals surface area contributed by atoms with E-state index >= 15 is 0 Å². The van der Waals surface area contributed by atoms with E-state index in [1.807, 2.05) is 0 Å². The topological polar surface area (TPSA) is 6.48 Å². The molecule has 4 rings (SSSR count). The first-order valence-electron chi connectivity index (χ1n) is 9.44. The highest BCUT2D eigenvalue weighted by molar-refractivity contribution is 5.10. The molecule has 1 saturated heterocycles. The van der Waals surface area contributed by atoms with Crippen LogP contribution >= 0.6 is 0 Å². The maximum atomic E-state index is 2.82. The van der Waals surface area contributed by atoms with Crippen molar-refractivity contribution in [2.45, 2.75) is 51.5 Å². The third-order valence-electron chi connectivity index (χ3n) is 6.85. The Morgan fingerprint density at radius 2 is 1.76 bits per heavy atom. The Bertz CT molecular complexity index is 383. The lowest BCUT2D eigenvalue weighted by molar-refractivity contribution is 0.0471. The molecule has 21 heavy (non-hydrogen) atoms. The van der Waals surface area contributed by atoms with Gasteiger partial charge in [0.05, 0.1) is 0 Å². The van der Waals surface area contributed by atoms with Gasteiger partial charge in [0.2, 0.25) is 0 Å². The van der Waals surface area contributed by atoms with E-state index in [2.05, 4.69) is 28.9 Å². The highest BCUT2D eigenvalue weighted by atomic mass is 15.3. The van der Waals surface area contributed by atoms with E-state index in [9.17, 15) is 0 Å². The summed E-state index contributed by atoms with van der Waals surface area (Å²) in [6, 6.07) is 0.895. The van der Waals surface area contributed by atoms with E-state index in [4.69, 9.17) is 0 Å². The van der Waals surface area contributed by atoms with Gasteiger partial charge in [-0.3, -0.25) is 4.90 Å². The van der Waals surface area contributed by atoms with Crippen LogP contribution in [0.1, 0.15) is 45.4 Å². The van der Waals surface area contributed by atoms with E-state index in [1.54, 1.807) is 0 Å². The summed E-state index contributed by atoms with van der Waals surface area (Å²) in [4.78, 5) is 5.59. The first-order valence-corrected chi connectivity index (χ1v) is 9.44. The molecule has 0 aromatic heterocycles. The van der Waals surface area contributed by atoms with Gasteiger partial charge < -0.3 is 4.90 Å². The zero-order valence-corrected chi connectivity index (χ0v) is 13.7. The summed E-state index contributed by atoms with van der Waals surface area (Å²) in [6.45, 7) is 9.15. The van der Waals surface area contributed by atoms with Crippen molar-refractivity contribution in [3.8, 4) is 0 Å². The van der Waals surface area contributed by atoms with Crippen molar-refractivity contribution in [1.29, 1.82) is 0 Å². The number of fused-ring (bicyclic) bond motifs is 2. The standard InChI is InChI=1S/C19H32N2/c1-15-4-2-3-5-19(15)21-10-8-20(9-11-21)14-18-13-16-6-7-17(18)12-16/h6-7,15-19H,2-5,8-14H2,1H3/t15-,16+,17+,18-,19+/m1/s1. The fraction of sp³-hybridized carbons (Fsp3) is 0.895. The summed E-state index contributed by atoms with van der Waals surface area (Å²) in [5.41, 5.74) is 0. The molecule has 0 aromatic carbocycles. The molecule has 2 heteroatoms. The Morgan fingerprint density at radius 3 is 2.43 bits per heavy atom. The molecule has 2 nitrogen and oxygen atoms in total. The summed E-state index contributed by atoms with van der Waals surface area (Å²) in [5.74, 6) is 3.76. The van der Waals surface area contributed by atoms with Crippen LogP contribution in [-0.2, 0) is 0 Å². The van der Waals surface area contributed by atoms with Gasteiger partial charge in [0.1, 0.15) is 0 Å². The molecule has 2 bridgehead atoms. The van der Waals surface area contributed by atoms with E-state index in [-0.39, 0.29) is 0 Å². The second-order valence-electron chi connectivity index (χ2n) is 8.21. The highest BCUT2D eigenvalue weighted by Crippen LogP contribution is 2.43. The van der Waals surface area contributed by atoms with Gasteiger partial charge in [-0.1, -0.05) is 31.9 Å². The molecule has 0 N–H and O–H groups in total. The zero-order valence-electron chi connectivity index (χ0n) is 13.7. The van der Waals surface area contributed by atoms with Gasteiger partial charge in [-0.25, -0.2) is 0 Å². The van der Waals surface area contributed by atoms with Gasteiger partial charge in [-0.2, -0.15) is 0 Å². The summed E-state index contributed by atoms with van der Waals surface area (Å²) in [7, 11) is 0. The van der Waals surface area contributed by atoms with Crippen LogP contribution in [0.15, 0.2) is 12.2 Å². The molecule has 1 heterocycles. The average molecular weight is 288 g/mol. The minimum absolute atomic E-state index is 0.895. The normalized spacial score (nSPS) is 44.5. The molecule has 1 aliphatic heterocycles. The third kappa shape index (κ3) is 2.94. The van der Waals surface area contributed by atoms with Crippen LogP contribution in [0.25, 0.3) is 0 Å². The molecular formula is C19H32N2. The van der Waals surface area contributed by atoms with E-state index in [0.717, 1.165) is 29.7 Å². The molecule has 3 aliphatic carbocycles. The largest absolute Gasteiger partial charge is 0.300 e. The minimum Gasteiger partial charge on any atom is -0.300 e. The Labute approximate surface area is 130 Å². The number of allylic oxidation sites excluding steroid dienone is 2. The van der Waals surface area contributed by atoms with Crippen molar-refractivity contribution in [3.05, 3.63) is 12.2 Å². The van der Waals surface area contributed by atoms with Crippen molar-refractivity contribution in [3.63, 3.8) is 0 Å². The Hall–Kier alpha value is -0.340. The van der Waals surface area contributed by atoms with Gasteiger partial charge in [0.15, 0.2) is 0 Å². The van der Waals surface area contributed by atoms with Crippen LogP contribution in [-0.4, -0.2) is 48.6 Å². The maximum Gasteiger partial charge on any atom is 0.0122 e. The molecule has 0 radical (unpaired) electrons. The molecule has 0 unspecified atom stereocenters. The summed E-state index contributed by atoms with van der Waals surface area (Å²) in [5, 5.41) is 0. The van der Waals surface area contributed by atoms with E-state index < -0.39 is 0 Å². The van der Waals surface area contributed by atoms with Crippen molar-refractivity contribution < 1.29 is 0 Å². The maximum absolute atomic E-state index is 2.82. The van der Waals surface area contributed by atoms with Gasteiger partial charge in [0, 0.05) is 38.8 Å². The van der Waals surface area contributed by atoms with E-state index in [1.165, 1.54) is 71.2 Å². The fourth-order valence-corrected chi connectivity index (χ4v) is 5.55. The SMILES string of the molecule is C[C@@H]1CCCC[C@@H]1N1CCN(C[C@H]2C[C@H]3C=C[C@H]2C3)CC1. The second-order valence-corrected chi connectivity index (χ2v) is 8.21. The van der Waals surface area contributed by atoms with Gasteiger partial charge >= 0.3 is 0 Å². The van der Waals surface area contributed by atoms with Crippen molar-refractivity contribution in [2.24, 2.45) is 23.7 Å². The molecule has 0 amide bonds. The van der Waals surface area contributed by atoms with Crippen molar-refractivity contribution in [1.82, 2.24) is 9.80 Å². The lowest BCUT2D eigenvalue weighted by atomic mass is 9.84. The first-order chi connectivity index (χ1) is 10.3. The van der Waals surface area contributed by atoms with Crippen LogP contribution in [0.3, 0.4) is 0 Å². The van der Waals surface area contributed by atoms with Crippen LogP contribution < -0.4 is 0 Å². The predicted molar refractivity (Wildman–Crippen MR) is 88.3 cm³/mol. The minimum atomic E-state index is 0.895. The van der Waals surface area contributed by atoms with Crippen LogP contribution in [0.5, 0.6) is 0 Å². The zero-order chi connectivity index (χ0) is 14.2. The van der Waals surface area contributed by atoms with Crippen LogP contribution in [0.4, 0.5) is 0 Å². The fourth-order valence-electron chi connectivity index (χ4n) is 5.55. The summed E-state index contributed by atoms with van der Waals surface area (Å²) >= 11 is 0. The number of hydrogen-bond donors (Lipinski definition) is 0. The van der Waals surface area contributed by atoms with Crippen LogP contribution in [0.2, 0.25) is 0 Å². The molecular weight excluding hydrogens is 256 g/mol. The molecule has 2 saturated carbocycles. The van der Waals surface area contributed by atoms with Crippen LogP contribution in [0, 0.1) is 23.7 Å². The molecule has 0 aromatic rings. The van der Waals surface area contributed by atoms with Gasteiger partial charge in [-0.15, -0.1) is 0 Å². The van der Waals surface area contributed by atoms with Crippen molar-refractivity contribution in [2.75, 3.05) is 32.7 Å². The van der Waals surface area contributed by atoms with Gasteiger partial charge in [-0.05, 0) is 49.4 Å². The molecule has 3 fully saturated rings. The Morgan fingerprint density at radius 1 is 0.952 bits per heavy atom.